The predicted molar refractivity (Wildman–Crippen MR) is 107 cm³/mol. The van der Waals surface area contributed by atoms with Gasteiger partial charge in [0.25, 0.3) is 5.91 Å². The summed E-state index contributed by atoms with van der Waals surface area (Å²) in [6.07, 6.45) is 1.61. The second-order valence-corrected chi connectivity index (χ2v) is 6.67. The van der Waals surface area contributed by atoms with Crippen LogP contribution in [0.3, 0.4) is 0 Å². The molecule has 2 aromatic carbocycles. The van der Waals surface area contributed by atoms with E-state index in [1.54, 1.807) is 36.6 Å². The van der Waals surface area contributed by atoms with E-state index in [-0.39, 0.29) is 5.91 Å². The Hall–Kier alpha value is -3.80. The predicted octanol–water partition coefficient (Wildman–Crippen LogP) is 3.94. The number of nitrogens with two attached hydrogens (primary N) is 1. The zero-order chi connectivity index (χ0) is 19.7. The Labute approximate surface area is 161 Å². The fourth-order valence-electron chi connectivity index (χ4n) is 3.12. The first-order chi connectivity index (χ1) is 13.5. The lowest BCUT2D eigenvalue weighted by molar-refractivity contribution is 0.0997. The summed E-state index contributed by atoms with van der Waals surface area (Å²) in [5.41, 5.74) is 10.5. The maximum atomic E-state index is 12.9. The van der Waals surface area contributed by atoms with Crippen molar-refractivity contribution in [1.29, 1.82) is 0 Å². The van der Waals surface area contributed by atoms with Gasteiger partial charge in [-0.2, -0.15) is 0 Å². The third-order valence-corrected chi connectivity index (χ3v) is 4.64. The van der Waals surface area contributed by atoms with Gasteiger partial charge in [-0.1, -0.05) is 29.8 Å². The van der Waals surface area contributed by atoms with E-state index < -0.39 is 5.91 Å². The molecule has 6 heteroatoms. The van der Waals surface area contributed by atoms with Crippen LogP contribution in [0, 0.1) is 6.92 Å². The maximum Gasteiger partial charge on any atom is 0.272 e. The molecule has 0 radical (unpaired) electrons. The average Bonchev–Trinajstić information content (AvgIpc) is 3.26. The summed E-state index contributed by atoms with van der Waals surface area (Å²) in [4.78, 5) is 24.1. The number of anilines is 1. The van der Waals surface area contributed by atoms with Crippen molar-refractivity contribution in [2.45, 2.75) is 13.5 Å². The van der Waals surface area contributed by atoms with Crippen molar-refractivity contribution < 1.29 is 14.0 Å². The highest BCUT2D eigenvalue weighted by Gasteiger charge is 2.18. The molecular formula is C22H19N3O3. The third kappa shape index (κ3) is 3.40. The van der Waals surface area contributed by atoms with Crippen LogP contribution in [0.2, 0.25) is 0 Å². The fourth-order valence-corrected chi connectivity index (χ4v) is 3.12. The van der Waals surface area contributed by atoms with Gasteiger partial charge in [-0.05, 0) is 36.8 Å². The molecule has 0 atom stereocenters. The summed E-state index contributed by atoms with van der Waals surface area (Å²) >= 11 is 0. The topological polar surface area (TPSA) is 90.3 Å². The molecule has 0 bridgehead atoms. The Morgan fingerprint density at radius 2 is 1.75 bits per heavy atom. The van der Waals surface area contributed by atoms with Gasteiger partial charge in [0.1, 0.15) is 5.69 Å². The molecule has 0 spiro atoms. The number of hydrogen-bond donors (Lipinski definition) is 2. The van der Waals surface area contributed by atoms with Crippen LogP contribution in [-0.4, -0.2) is 16.4 Å². The molecule has 2 amide bonds. The first-order valence-corrected chi connectivity index (χ1v) is 8.85. The van der Waals surface area contributed by atoms with Crippen LogP contribution < -0.4 is 11.1 Å². The summed E-state index contributed by atoms with van der Waals surface area (Å²) in [6, 6.07) is 18.2. The lowest BCUT2D eigenvalue weighted by atomic mass is 10.1. The number of hydrogen-bond acceptors (Lipinski definition) is 3. The summed E-state index contributed by atoms with van der Waals surface area (Å²) in [7, 11) is 0. The van der Waals surface area contributed by atoms with Gasteiger partial charge in [-0.25, -0.2) is 0 Å². The number of benzene rings is 2. The second kappa shape index (κ2) is 7.08. The summed E-state index contributed by atoms with van der Waals surface area (Å²) < 4.78 is 7.41. The van der Waals surface area contributed by atoms with Gasteiger partial charge < -0.3 is 20.0 Å². The number of carbonyl (C=O) groups excluding carboxylic acids is 2. The minimum atomic E-state index is -0.509. The quantitative estimate of drug-likeness (QED) is 0.555. The Morgan fingerprint density at radius 1 is 1.04 bits per heavy atom. The highest BCUT2D eigenvalue weighted by molar-refractivity contribution is 6.06. The lowest BCUT2D eigenvalue weighted by Gasteiger charge is -2.11. The van der Waals surface area contributed by atoms with Crippen molar-refractivity contribution in [1.82, 2.24) is 4.57 Å². The SMILES string of the molecule is Cc1ccc(Cn2c(C(=O)Nc3ccc(C(N)=O)cc3)cc3occc32)cc1. The average molecular weight is 373 g/mol. The van der Waals surface area contributed by atoms with Gasteiger partial charge in [-0.3, -0.25) is 9.59 Å². The van der Waals surface area contributed by atoms with Crippen LogP contribution in [0.1, 0.15) is 32.0 Å². The zero-order valence-corrected chi connectivity index (χ0v) is 15.3. The maximum absolute atomic E-state index is 12.9. The number of aromatic nitrogens is 1. The first-order valence-electron chi connectivity index (χ1n) is 8.85. The minimum Gasteiger partial charge on any atom is -0.463 e. The number of furan rings is 1. The Bertz CT molecular complexity index is 1150. The molecule has 0 fully saturated rings. The summed E-state index contributed by atoms with van der Waals surface area (Å²) in [5, 5.41) is 2.86. The highest BCUT2D eigenvalue weighted by Crippen LogP contribution is 2.23. The molecule has 0 saturated heterocycles. The Balaban J connectivity index is 1.63. The number of fused-ring (bicyclic) bond motifs is 1. The Morgan fingerprint density at radius 3 is 2.43 bits per heavy atom. The van der Waals surface area contributed by atoms with E-state index in [1.165, 1.54) is 5.56 Å². The molecule has 2 aromatic heterocycles. The number of nitrogens with one attached hydrogen (secondary N) is 1. The van der Waals surface area contributed by atoms with Crippen LogP contribution in [-0.2, 0) is 6.54 Å². The standard InChI is InChI=1S/C22H19N3O3/c1-14-2-4-15(5-3-14)13-25-18-10-11-28-20(18)12-19(25)22(27)24-17-8-6-16(7-9-17)21(23)26/h2-12H,13H2,1H3,(H2,23,26)(H,24,27). The summed E-state index contributed by atoms with van der Waals surface area (Å²) in [6.45, 7) is 2.59. The molecule has 0 aliphatic carbocycles. The summed E-state index contributed by atoms with van der Waals surface area (Å²) in [5.74, 6) is -0.768. The van der Waals surface area contributed by atoms with Crippen LogP contribution in [0.4, 0.5) is 5.69 Å². The monoisotopic (exact) mass is 373 g/mol. The zero-order valence-electron chi connectivity index (χ0n) is 15.3. The van der Waals surface area contributed by atoms with Crippen molar-refractivity contribution in [3.8, 4) is 0 Å². The van der Waals surface area contributed by atoms with E-state index in [0.29, 0.717) is 29.1 Å². The van der Waals surface area contributed by atoms with Crippen LogP contribution in [0.5, 0.6) is 0 Å². The van der Waals surface area contributed by atoms with Crippen LogP contribution >= 0.6 is 0 Å². The van der Waals surface area contributed by atoms with Gasteiger partial charge in [0.05, 0.1) is 11.8 Å². The number of rotatable bonds is 5. The fraction of sp³-hybridized carbons (Fsp3) is 0.0909. The van der Waals surface area contributed by atoms with Crippen molar-refractivity contribution in [2.24, 2.45) is 5.73 Å². The molecule has 3 N–H and O–H groups in total. The second-order valence-electron chi connectivity index (χ2n) is 6.67. The van der Waals surface area contributed by atoms with Crippen LogP contribution in [0.25, 0.3) is 11.1 Å². The number of aryl methyl sites for hydroxylation is 1. The number of amides is 2. The number of carbonyl (C=O) groups is 2. The molecular weight excluding hydrogens is 354 g/mol. The molecule has 0 aliphatic heterocycles. The first kappa shape index (κ1) is 17.6. The van der Waals surface area contributed by atoms with Crippen molar-refractivity contribution in [2.75, 3.05) is 5.32 Å². The van der Waals surface area contributed by atoms with Gasteiger partial charge >= 0.3 is 0 Å². The molecule has 0 saturated carbocycles. The van der Waals surface area contributed by atoms with Gasteiger partial charge in [-0.15, -0.1) is 0 Å². The van der Waals surface area contributed by atoms with Gasteiger partial charge in [0.2, 0.25) is 5.91 Å². The van der Waals surface area contributed by atoms with Crippen molar-refractivity contribution in [3.63, 3.8) is 0 Å². The lowest BCUT2D eigenvalue weighted by Crippen LogP contribution is -2.18. The normalized spacial score (nSPS) is 10.9. The molecule has 0 aliphatic rings. The van der Waals surface area contributed by atoms with Gasteiger partial charge in [0.15, 0.2) is 5.58 Å². The minimum absolute atomic E-state index is 0.259. The smallest absolute Gasteiger partial charge is 0.272 e. The van der Waals surface area contributed by atoms with Crippen molar-refractivity contribution in [3.05, 3.63) is 89.3 Å². The van der Waals surface area contributed by atoms with E-state index >= 15 is 0 Å². The molecule has 4 aromatic rings. The Kier molecular flexibility index (Phi) is 4.45. The number of nitrogens with zero attached hydrogens (tertiary/aromatic N) is 1. The molecule has 28 heavy (non-hydrogen) atoms. The van der Waals surface area contributed by atoms with E-state index in [0.717, 1.165) is 11.1 Å². The molecule has 0 unspecified atom stereocenters. The number of primary amides is 1. The molecule has 2 heterocycles. The van der Waals surface area contributed by atoms with Crippen molar-refractivity contribution >= 4 is 28.6 Å². The molecule has 6 nitrogen and oxygen atoms in total. The van der Waals surface area contributed by atoms with E-state index in [2.05, 4.69) is 5.32 Å². The molecule has 4 rings (SSSR count). The molecule has 140 valence electrons. The highest BCUT2D eigenvalue weighted by atomic mass is 16.3. The third-order valence-electron chi connectivity index (χ3n) is 4.64. The van der Waals surface area contributed by atoms with E-state index in [4.69, 9.17) is 10.2 Å². The van der Waals surface area contributed by atoms with Gasteiger partial charge in [0, 0.05) is 29.9 Å². The largest absolute Gasteiger partial charge is 0.463 e. The van der Waals surface area contributed by atoms with E-state index in [9.17, 15) is 9.59 Å². The van der Waals surface area contributed by atoms with E-state index in [1.807, 2.05) is 41.8 Å². The van der Waals surface area contributed by atoms with Crippen LogP contribution in [0.15, 0.2) is 71.3 Å².